The van der Waals surface area contributed by atoms with Gasteiger partial charge in [-0.05, 0) is 50.2 Å². The fraction of sp³-hybridized carbons (Fsp3) is 0.611. The van der Waals surface area contributed by atoms with E-state index in [1.807, 2.05) is 19.1 Å². The molecule has 0 aromatic carbocycles. The number of carboxylic acid groups (broad SMARTS) is 1. The van der Waals surface area contributed by atoms with E-state index < -0.39 is 5.97 Å². The molecule has 1 aromatic rings. The van der Waals surface area contributed by atoms with E-state index in [0.717, 1.165) is 24.9 Å². The van der Waals surface area contributed by atoms with E-state index in [1.54, 1.807) is 12.4 Å². The van der Waals surface area contributed by atoms with Crippen LogP contribution >= 0.6 is 0 Å². The molecule has 130 valence electrons. The molecule has 0 aliphatic heterocycles. The number of rotatable bonds is 8. The molecular weight excluding hydrogens is 306 g/mol. The number of carbonyl (C=O) groups is 2. The minimum absolute atomic E-state index is 0.0124. The molecule has 2 fully saturated rings. The highest BCUT2D eigenvalue weighted by atomic mass is 16.4. The average molecular weight is 331 g/mol. The lowest BCUT2D eigenvalue weighted by Crippen LogP contribution is -2.55. The molecule has 2 N–H and O–H groups in total. The van der Waals surface area contributed by atoms with Gasteiger partial charge in [0.1, 0.15) is 0 Å². The summed E-state index contributed by atoms with van der Waals surface area (Å²) in [5.41, 5.74) is 0.909. The van der Waals surface area contributed by atoms with Crippen LogP contribution in [0.3, 0.4) is 0 Å². The summed E-state index contributed by atoms with van der Waals surface area (Å²) in [7, 11) is 0. The third kappa shape index (κ3) is 4.32. The molecule has 6 heteroatoms. The highest BCUT2D eigenvalue weighted by Gasteiger charge is 2.38. The van der Waals surface area contributed by atoms with E-state index in [0.29, 0.717) is 5.92 Å². The van der Waals surface area contributed by atoms with Gasteiger partial charge in [0.2, 0.25) is 5.91 Å². The molecular formula is C18H25N3O3. The van der Waals surface area contributed by atoms with E-state index >= 15 is 0 Å². The lowest BCUT2D eigenvalue weighted by atomic mass is 9.84. The van der Waals surface area contributed by atoms with Gasteiger partial charge < -0.3 is 10.4 Å². The molecule has 1 unspecified atom stereocenters. The van der Waals surface area contributed by atoms with Crippen LogP contribution in [0.1, 0.15) is 44.1 Å². The van der Waals surface area contributed by atoms with Gasteiger partial charge in [0.25, 0.3) is 0 Å². The predicted octanol–water partition coefficient (Wildman–Crippen LogP) is 1.63. The van der Waals surface area contributed by atoms with Crippen molar-refractivity contribution in [3.63, 3.8) is 0 Å². The SMILES string of the molecule is CC(C(=O)NC1CC(N(CC(=O)O)CC2CC2)C1)c1cccnc1. The number of nitrogens with one attached hydrogen (secondary N) is 1. The van der Waals surface area contributed by atoms with Crippen molar-refractivity contribution in [3.05, 3.63) is 30.1 Å². The number of carboxylic acids is 1. The minimum atomic E-state index is -0.770. The Balaban J connectivity index is 1.46. The van der Waals surface area contributed by atoms with Crippen LogP contribution in [0.2, 0.25) is 0 Å². The van der Waals surface area contributed by atoms with Gasteiger partial charge >= 0.3 is 5.97 Å². The zero-order valence-corrected chi connectivity index (χ0v) is 14.0. The van der Waals surface area contributed by atoms with E-state index in [-0.39, 0.29) is 30.5 Å². The third-order valence-electron chi connectivity index (χ3n) is 5.08. The number of amides is 1. The predicted molar refractivity (Wildman–Crippen MR) is 89.5 cm³/mol. The Bertz CT molecular complexity index is 582. The van der Waals surface area contributed by atoms with Crippen LogP contribution in [0.4, 0.5) is 0 Å². The first-order valence-corrected chi connectivity index (χ1v) is 8.69. The highest BCUT2D eigenvalue weighted by molar-refractivity contribution is 5.83. The van der Waals surface area contributed by atoms with Crippen molar-refractivity contribution in [2.24, 2.45) is 5.92 Å². The molecule has 2 aliphatic carbocycles. The van der Waals surface area contributed by atoms with Crippen LogP contribution in [-0.4, -0.2) is 52.0 Å². The summed E-state index contributed by atoms with van der Waals surface area (Å²) >= 11 is 0. The van der Waals surface area contributed by atoms with Crippen molar-refractivity contribution >= 4 is 11.9 Å². The van der Waals surface area contributed by atoms with Gasteiger partial charge in [0.15, 0.2) is 0 Å². The van der Waals surface area contributed by atoms with Crippen molar-refractivity contribution in [3.8, 4) is 0 Å². The lowest BCUT2D eigenvalue weighted by molar-refractivity contribution is -0.140. The molecule has 1 heterocycles. The molecule has 1 aromatic heterocycles. The van der Waals surface area contributed by atoms with E-state index in [2.05, 4.69) is 15.2 Å². The van der Waals surface area contributed by atoms with E-state index in [4.69, 9.17) is 5.11 Å². The Morgan fingerprint density at radius 1 is 1.42 bits per heavy atom. The molecule has 0 bridgehead atoms. The van der Waals surface area contributed by atoms with Crippen LogP contribution in [0.5, 0.6) is 0 Å². The lowest BCUT2D eigenvalue weighted by Gasteiger charge is -2.43. The second-order valence-electron chi connectivity index (χ2n) is 7.11. The Morgan fingerprint density at radius 2 is 2.17 bits per heavy atom. The Labute approximate surface area is 142 Å². The molecule has 2 saturated carbocycles. The number of nitrogens with zero attached hydrogens (tertiary/aromatic N) is 2. The van der Waals surface area contributed by atoms with E-state index in [1.165, 1.54) is 12.8 Å². The number of hydrogen-bond acceptors (Lipinski definition) is 4. The quantitative estimate of drug-likeness (QED) is 0.756. The van der Waals surface area contributed by atoms with Gasteiger partial charge in [0, 0.05) is 31.0 Å². The molecule has 0 radical (unpaired) electrons. The monoisotopic (exact) mass is 331 g/mol. The summed E-state index contributed by atoms with van der Waals surface area (Å²) in [6, 6.07) is 4.17. The fourth-order valence-corrected chi connectivity index (χ4v) is 3.26. The molecule has 6 nitrogen and oxygen atoms in total. The third-order valence-corrected chi connectivity index (χ3v) is 5.08. The zero-order chi connectivity index (χ0) is 17.1. The Morgan fingerprint density at radius 3 is 2.75 bits per heavy atom. The maximum Gasteiger partial charge on any atom is 0.317 e. The summed E-state index contributed by atoms with van der Waals surface area (Å²) in [5, 5.41) is 12.2. The number of aliphatic carboxylic acids is 1. The van der Waals surface area contributed by atoms with Crippen LogP contribution in [0, 0.1) is 5.92 Å². The first-order chi connectivity index (χ1) is 11.5. The smallest absolute Gasteiger partial charge is 0.317 e. The first-order valence-electron chi connectivity index (χ1n) is 8.69. The number of carbonyl (C=O) groups excluding carboxylic acids is 1. The molecule has 1 amide bonds. The van der Waals surface area contributed by atoms with Crippen LogP contribution in [-0.2, 0) is 9.59 Å². The van der Waals surface area contributed by atoms with Gasteiger partial charge in [0.05, 0.1) is 12.5 Å². The maximum absolute atomic E-state index is 12.3. The summed E-state index contributed by atoms with van der Waals surface area (Å²) < 4.78 is 0. The summed E-state index contributed by atoms with van der Waals surface area (Å²) in [4.78, 5) is 29.5. The second kappa shape index (κ2) is 7.30. The number of aromatic nitrogens is 1. The second-order valence-corrected chi connectivity index (χ2v) is 7.11. The highest BCUT2D eigenvalue weighted by Crippen LogP contribution is 2.34. The van der Waals surface area contributed by atoms with Gasteiger partial charge in [-0.25, -0.2) is 0 Å². The molecule has 0 saturated heterocycles. The number of hydrogen-bond donors (Lipinski definition) is 2. The maximum atomic E-state index is 12.3. The Hall–Kier alpha value is -1.95. The van der Waals surface area contributed by atoms with Gasteiger partial charge in [-0.3, -0.25) is 19.5 Å². The topological polar surface area (TPSA) is 82.5 Å². The molecule has 24 heavy (non-hydrogen) atoms. The first kappa shape index (κ1) is 16.9. The van der Waals surface area contributed by atoms with Gasteiger partial charge in [-0.15, -0.1) is 0 Å². The Kier molecular flexibility index (Phi) is 5.14. The normalized spacial score (nSPS) is 24.2. The summed E-state index contributed by atoms with van der Waals surface area (Å²) in [6.45, 7) is 2.87. The minimum Gasteiger partial charge on any atom is -0.480 e. The van der Waals surface area contributed by atoms with Crippen molar-refractivity contribution in [2.45, 2.75) is 50.6 Å². The number of pyridine rings is 1. The summed E-state index contributed by atoms with van der Waals surface area (Å²) in [5.74, 6) is -0.310. The van der Waals surface area contributed by atoms with Crippen LogP contribution < -0.4 is 5.32 Å². The average Bonchev–Trinajstić information content (AvgIpc) is 3.33. The van der Waals surface area contributed by atoms with Crippen molar-refractivity contribution < 1.29 is 14.7 Å². The largest absolute Gasteiger partial charge is 0.480 e. The van der Waals surface area contributed by atoms with Gasteiger partial charge in [-0.1, -0.05) is 6.07 Å². The fourth-order valence-electron chi connectivity index (χ4n) is 3.26. The van der Waals surface area contributed by atoms with E-state index in [9.17, 15) is 9.59 Å². The van der Waals surface area contributed by atoms with Crippen molar-refractivity contribution in [1.82, 2.24) is 15.2 Å². The van der Waals surface area contributed by atoms with Crippen LogP contribution in [0.25, 0.3) is 0 Å². The van der Waals surface area contributed by atoms with Crippen LogP contribution in [0.15, 0.2) is 24.5 Å². The van der Waals surface area contributed by atoms with Crippen molar-refractivity contribution in [1.29, 1.82) is 0 Å². The molecule has 0 spiro atoms. The standard InChI is InChI=1S/C18H25N3O3/c1-12(14-3-2-6-19-9-14)18(24)20-15-7-16(8-15)21(11-17(22)23)10-13-4-5-13/h2-3,6,9,12-13,15-16H,4-5,7-8,10-11H2,1H3,(H,20,24)(H,22,23). The summed E-state index contributed by atoms with van der Waals surface area (Å²) in [6.07, 6.45) is 7.52. The van der Waals surface area contributed by atoms with Crippen molar-refractivity contribution in [2.75, 3.05) is 13.1 Å². The van der Waals surface area contributed by atoms with Gasteiger partial charge in [-0.2, -0.15) is 0 Å². The molecule has 2 aliphatic rings. The zero-order valence-electron chi connectivity index (χ0n) is 14.0. The molecule has 1 atom stereocenters. The molecule has 3 rings (SSSR count).